The first-order chi connectivity index (χ1) is 6.25. The standard InChI is InChI=1S/C8H4F6/c1-3-5(9)2-4(8(12,13)14)7(11)6(3)10/h2H,1H3. The van der Waals surface area contributed by atoms with E-state index in [1.54, 1.807) is 0 Å². The van der Waals surface area contributed by atoms with Gasteiger partial charge in [-0.25, -0.2) is 13.2 Å². The van der Waals surface area contributed by atoms with Crippen LogP contribution >= 0.6 is 0 Å². The Morgan fingerprint density at radius 1 is 1.00 bits per heavy atom. The summed E-state index contributed by atoms with van der Waals surface area (Å²) in [5, 5.41) is 0. The lowest BCUT2D eigenvalue weighted by molar-refractivity contribution is -0.140. The molecule has 78 valence electrons. The largest absolute Gasteiger partial charge is 0.419 e. The van der Waals surface area contributed by atoms with Crippen LogP contribution in [0, 0.1) is 24.4 Å². The first-order valence-corrected chi connectivity index (χ1v) is 3.46. The van der Waals surface area contributed by atoms with Crippen LogP contribution in [0.4, 0.5) is 26.3 Å². The van der Waals surface area contributed by atoms with Crippen molar-refractivity contribution in [3.05, 3.63) is 34.6 Å². The van der Waals surface area contributed by atoms with Gasteiger partial charge >= 0.3 is 6.18 Å². The number of hydrogen-bond acceptors (Lipinski definition) is 0. The maximum atomic E-state index is 12.7. The second kappa shape index (κ2) is 3.18. The molecule has 0 amide bonds. The summed E-state index contributed by atoms with van der Waals surface area (Å²) in [4.78, 5) is 0. The molecule has 0 N–H and O–H groups in total. The highest BCUT2D eigenvalue weighted by Crippen LogP contribution is 2.33. The van der Waals surface area contributed by atoms with Crippen molar-refractivity contribution >= 4 is 0 Å². The Morgan fingerprint density at radius 3 is 1.93 bits per heavy atom. The number of rotatable bonds is 0. The van der Waals surface area contributed by atoms with E-state index in [1.807, 2.05) is 0 Å². The third-order valence-corrected chi connectivity index (χ3v) is 1.69. The summed E-state index contributed by atoms with van der Waals surface area (Å²) in [5.41, 5.74) is -2.70. The summed E-state index contributed by atoms with van der Waals surface area (Å²) in [6, 6.07) is -0.0618. The normalized spacial score (nSPS) is 11.9. The van der Waals surface area contributed by atoms with Crippen molar-refractivity contribution in [2.24, 2.45) is 0 Å². The second-order valence-electron chi connectivity index (χ2n) is 2.66. The number of alkyl halides is 3. The zero-order chi connectivity index (χ0) is 11.1. The molecule has 0 radical (unpaired) electrons. The van der Waals surface area contributed by atoms with E-state index in [9.17, 15) is 26.3 Å². The first-order valence-electron chi connectivity index (χ1n) is 3.46. The van der Waals surface area contributed by atoms with Crippen molar-refractivity contribution in [3.8, 4) is 0 Å². The molecule has 0 fully saturated rings. The first kappa shape index (κ1) is 10.9. The fourth-order valence-corrected chi connectivity index (χ4v) is 0.892. The lowest BCUT2D eigenvalue weighted by atomic mass is 10.1. The Labute approximate surface area is 75.2 Å². The molecule has 0 spiro atoms. The summed E-state index contributed by atoms with van der Waals surface area (Å²) in [7, 11) is 0. The van der Waals surface area contributed by atoms with Crippen LogP contribution in [-0.4, -0.2) is 0 Å². The Morgan fingerprint density at radius 2 is 1.50 bits per heavy atom. The third-order valence-electron chi connectivity index (χ3n) is 1.69. The minimum atomic E-state index is -5.10. The summed E-state index contributed by atoms with van der Waals surface area (Å²) >= 11 is 0. The van der Waals surface area contributed by atoms with E-state index in [4.69, 9.17) is 0 Å². The van der Waals surface area contributed by atoms with E-state index in [-0.39, 0.29) is 6.07 Å². The molecule has 0 unspecified atom stereocenters. The molecule has 14 heavy (non-hydrogen) atoms. The molecule has 1 rings (SSSR count). The molecule has 0 aliphatic rings. The fourth-order valence-electron chi connectivity index (χ4n) is 0.892. The van der Waals surface area contributed by atoms with Gasteiger partial charge in [-0.1, -0.05) is 0 Å². The molecule has 0 saturated carbocycles. The molecular weight excluding hydrogens is 210 g/mol. The average molecular weight is 214 g/mol. The molecule has 1 aromatic carbocycles. The van der Waals surface area contributed by atoms with Crippen LogP contribution in [0.1, 0.15) is 11.1 Å². The highest BCUT2D eigenvalue weighted by atomic mass is 19.4. The molecule has 0 nitrogen and oxygen atoms in total. The van der Waals surface area contributed by atoms with Crippen molar-refractivity contribution in [3.63, 3.8) is 0 Å². The van der Waals surface area contributed by atoms with Gasteiger partial charge in [-0.2, -0.15) is 13.2 Å². The van der Waals surface area contributed by atoms with Crippen LogP contribution in [0.15, 0.2) is 6.07 Å². The van der Waals surface area contributed by atoms with E-state index in [2.05, 4.69) is 0 Å². The zero-order valence-electron chi connectivity index (χ0n) is 6.85. The SMILES string of the molecule is Cc1c(F)cc(C(F)(F)F)c(F)c1F. The highest BCUT2D eigenvalue weighted by molar-refractivity contribution is 5.28. The molecule has 0 bridgehead atoms. The average Bonchev–Trinajstić information content (AvgIpc) is 2.06. The van der Waals surface area contributed by atoms with Gasteiger partial charge in [0.05, 0.1) is 5.56 Å². The lowest BCUT2D eigenvalue weighted by Gasteiger charge is -2.10. The van der Waals surface area contributed by atoms with Gasteiger partial charge in [0.25, 0.3) is 0 Å². The molecule has 1 aromatic rings. The van der Waals surface area contributed by atoms with Gasteiger partial charge in [0.2, 0.25) is 0 Å². The van der Waals surface area contributed by atoms with Crippen LogP contribution in [-0.2, 0) is 6.18 Å². The molecule has 0 atom stereocenters. The van der Waals surface area contributed by atoms with Gasteiger partial charge in [-0.15, -0.1) is 0 Å². The Kier molecular flexibility index (Phi) is 2.47. The van der Waals surface area contributed by atoms with E-state index in [1.165, 1.54) is 0 Å². The summed E-state index contributed by atoms with van der Waals surface area (Å²) in [6.07, 6.45) is -5.10. The Balaban J connectivity index is 3.49. The molecule has 0 aromatic heterocycles. The second-order valence-corrected chi connectivity index (χ2v) is 2.66. The van der Waals surface area contributed by atoms with E-state index in [0.717, 1.165) is 6.92 Å². The number of benzene rings is 1. The monoisotopic (exact) mass is 214 g/mol. The molecule has 0 aliphatic carbocycles. The van der Waals surface area contributed by atoms with Crippen molar-refractivity contribution in [1.29, 1.82) is 0 Å². The van der Waals surface area contributed by atoms with Crippen molar-refractivity contribution in [2.75, 3.05) is 0 Å². The van der Waals surface area contributed by atoms with E-state index in [0.29, 0.717) is 0 Å². The Hall–Kier alpha value is -1.20. The molecule has 6 heteroatoms. The summed E-state index contributed by atoms with van der Waals surface area (Å²) in [5.74, 6) is -5.30. The van der Waals surface area contributed by atoms with Crippen LogP contribution in [0.3, 0.4) is 0 Å². The number of halogens is 6. The fraction of sp³-hybridized carbons (Fsp3) is 0.250. The van der Waals surface area contributed by atoms with Crippen LogP contribution in [0.2, 0.25) is 0 Å². The molecule has 0 heterocycles. The highest BCUT2D eigenvalue weighted by Gasteiger charge is 2.36. The third kappa shape index (κ3) is 1.69. The summed E-state index contributed by atoms with van der Waals surface area (Å²) in [6.45, 7) is 0.855. The molecule has 0 aliphatic heterocycles. The van der Waals surface area contributed by atoms with Crippen LogP contribution in [0.5, 0.6) is 0 Å². The van der Waals surface area contributed by atoms with Crippen LogP contribution in [0.25, 0.3) is 0 Å². The molecular formula is C8H4F6. The van der Waals surface area contributed by atoms with Crippen molar-refractivity contribution in [1.82, 2.24) is 0 Å². The lowest BCUT2D eigenvalue weighted by Crippen LogP contribution is -2.11. The van der Waals surface area contributed by atoms with Crippen molar-refractivity contribution < 1.29 is 26.3 Å². The van der Waals surface area contributed by atoms with Gasteiger partial charge in [0, 0.05) is 5.56 Å². The maximum Gasteiger partial charge on any atom is 0.419 e. The molecule has 0 saturated heterocycles. The van der Waals surface area contributed by atoms with Gasteiger partial charge in [-0.05, 0) is 13.0 Å². The smallest absolute Gasteiger partial charge is 0.207 e. The minimum absolute atomic E-state index is 0.0618. The predicted octanol–water partition coefficient (Wildman–Crippen LogP) is 3.43. The quantitative estimate of drug-likeness (QED) is 0.458. The van der Waals surface area contributed by atoms with Gasteiger partial charge in [-0.3, -0.25) is 0 Å². The number of hydrogen-bond donors (Lipinski definition) is 0. The van der Waals surface area contributed by atoms with E-state index < -0.39 is 34.8 Å². The van der Waals surface area contributed by atoms with Gasteiger partial charge in [0.15, 0.2) is 11.6 Å². The Bertz CT molecular complexity index is 365. The minimum Gasteiger partial charge on any atom is -0.207 e. The zero-order valence-corrected chi connectivity index (χ0v) is 6.85. The van der Waals surface area contributed by atoms with Crippen molar-refractivity contribution in [2.45, 2.75) is 13.1 Å². The topological polar surface area (TPSA) is 0 Å². The van der Waals surface area contributed by atoms with Gasteiger partial charge < -0.3 is 0 Å². The predicted molar refractivity (Wildman–Crippen MR) is 36.1 cm³/mol. The van der Waals surface area contributed by atoms with Crippen LogP contribution < -0.4 is 0 Å². The maximum absolute atomic E-state index is 12.7. The van der Waals surface area contributed by atoms with Gasteiger partial charge in [0.1, 0.15) is 5.82 Å². The van der Waals surface area contributed by atoms with E-state index >= 15 is 0 Å². The summed E-state index contributed by atoms with van der Waals surface area (Å²) < 4.78 is 73.9.